The molecule has 7 nitrogen and oxygen atoms in total. The molecule has 1 aliphatic heterocycles. The van der Waals surface area contributed by atoms with Crippen molar-refractivity contribution in [2.45, 2.75) is 6.04 Å². The Balaban J connectivity index is 1.91. The van der Waals surface area contributed by atoms with Crippen molar-refractivity contribution in [1.29, 1.82) is 0 Å². The van der Waals surface area contributed by atoms with Crippen molar-refractivity contribution >= 4 is 28.3 Å². The van der Waals surface area contributed by atoms with E-state index in [-0.39, 0.29) is 24.5 Å². The molecule has 31 heavy (non-hydrogen) atoms. The van der Waals surface area contributed by atoms with E-state index in [1.807, 2.05) is 29.2 Å². The molecule has 0 spiro atoms. The molecule has 1 aromatic carbocycles. The number of carbonyl (C=O) groups excluding carboxylic acids is 2. The molecule has 2 aromatic rings. The molecule has 0 saturated carbocycles. The number of Topliss-reactive ketones (excluding diaryl/α,β-unsaturated/α-hetero) is 1. The smallest absolute Gasteiger partial charge is 0.318 e. The Kier molecular flexibility index (Phi) is 7.57. The lowest BCUT2D eigenvalue weighted by Crippen LogP contribution is -2.48. The third-order valence-electron chi connectivity index (χ3n) is 4.96. The SMILES string of the molecule is C=CCON(C(=O)Cl)C1C=C(c2ccc(=O)n(C)c2)CN(CC(=O)c2ccccc2)C1. The molecule has 3 rings (SSSR count). The molecular formula is C23H24ClN3O4. The lowest BCUT2D eigenvalue weighted by atomic mass is 9.99. The predicted octanol–water partition coefficient (Wildman–Crippen LogP) is 3.11. The highest BCUT2D eigenvalue weighted by Crippen LogP contribution is 2.24. The van der Waals surface area contributed by atoms with E-state index >= 15 is 0 Å². The second-order valence-corrected chi connectivity index (χ2v) is 7.57. The van der Waals surface area contributed by atoms with Gasteiger partial charge in [-0.25, -0.2) is 0 Å². The first-order valence-electron chi connectivity index (χ1n) is 9.80. The van der Waals surface area contributed by atoms with E-state index < -0.39 is 11.4 Å². The zero-order valence-electron chi connectivity index (χ0n) is 17.2. The van der Waals surface area contributed by atoms with E-state index in [0.29, 0.717) is 18.7 Å². The fourth-order valence-corrected chi connectivity index (χ4v) is 3.64. The number of benzene rings is 1. The van der Waals surface area contributed by atoms with E-state index in [0.717, 1.165) is 16.2 Å². The van der Waals surface area contributed by atoms with Gasteiger partial charge in [0.2, 0.25) is 5.56 Å². The van der Waals surface area contributed by atoms with Gasteiger partial charge in [0.1, 0.15) is 0 Å². The first-order chi connectivity index (χ1) is 14.9. The number of aromatic nitrogens is 1. The van der Waals surface area contributed by atoms with Crippen molar-refractivity contribution in [3.05, 3.63) is 88.9 Å². The molecule has 1 aliphatic rings. The van der Waals surface area contributed by atoms with Gasteiger partial charge in [0, 0.05) is 38.0 Å². The number of pyridine rings is 1. The minimum absolute atomic E-state index is 0.0307. The van der Waals surface area contributed by atoms with Gasteiger partial charge in [-0.1, -0.05) is 42.5 Å². The number of halogens is 1. The van der Waals surface area contributed by atoms with Gasteiger partial charge in [-0.3, -0.25) is 24.1 Å². The number of carbonyl (C=O) groups is 2. The minimum Gasteiger partial charge on any atom is -0.318 e. The molecule has 0 saturated heterocycles. The molecule has 1 atom stereocenters. The highest BCUT2D eigenvalue weighted by Gasteiger charge is 2.30. The topological polar surface area (TPSA) is 71.8 Å². The maximum atomic E-state index is 12.8. The Morgan fingerprint density at radius 2 is 2.00 bits per heavy atom. The first-order valence-corrected chi connectivity index (χ1v) is 10.2. The van der Waals surface area contributed by atoms with Gasteiger partial charge in [-0.2, -0.15) is 5.06 Å². The summed E-state index contributed by atoms with van der Waals surface area (Å²) in [4.78, 5) is 44.0. The van der Waals surface area contributed by atoms with Gasteiger partial charge in [0.05, 0.1) is 19.2 Å². The van der Waals surface area contributed by atoms with E-state index in [4.69, 9.17) is 16.4 Å². The molecule has 1 aromatic heterocycles. The number of hydroxylamine groups is 2. The normalized spacial score (nSPS) is 16.5. The van der Waals surface area contributed by atoms with Crippen LogP contribution in [-0.4, -0.2) is 58.0 Å². The van der Waals surface area contributed by atoms with E-state index in [1.54, 1.807) is 31.4 Å². The molecule has 0 radical (unpaired) electrons. The second kappa shape index (κ2) is 10.3. The van der Waals surface area contributed by atoms with Crippen LogP contribution in [-0.2, 0) is 11.9 Å². The van der Waals surface area contributed by atoms with Crippen LogP contribution in [0.15, 0.2) is 72.2 Å². The number of amides is 1. The summed E-state index contributed by atoms with van der Waals surface area (Å²) >= 11 is 5.77. The molecule has 1 amide bonds. The summed E-state index contributed by atoms with van der Waals surface area (Å²) in [5.74, 6) is -0.0307. The van der Waals surface area contributed by atoms with E-state index in [9.17, 15) is 14.4 Å². The largest absolute Gasteiger partial charge is 0.340 e. The van der Waals surface area contributed by atoms with Crippen LogP contribution in [0, 0.1) is 0 Å². The highest BCUT2D eigenvalue weighted by atomic mass is 35.5. The van der Waals surface area contributed by atoms with E-state index in [1.165, 1.54) is 16.7 Å². The number of rotatable bonds is 8. The van der Waals surface area contributed by atoms with Crippen LogP contribution < -0.4 is 5.56 Å². The summed E-state index contributed by atoms with van der Waals surface area (Å²) in [6.07, 6.45) is 5.13. The van der Waals surface area contributed by atoms with Gasteiger partial charge in [0.15, 0.2) is 5.78 Å². The van der Waals surface area contributed by atoms with Crippen LogP contribution in [0.3, 0.4) is 0 Å². The van der Waals surface area contributed by atoms with Crippen LogP contribution in [0.4, 0.5) is 4.79 Å². The summed E-state index contributed by atoms with van der Waals surface area (Å²) < 4.78 is 1.48. The summed E-state index contributed by atoms with van der Waals surface area (Å²) in [5.41, 5.74) is 2.16. The number of aryl methyl sites for hydroxylation is 1. The van der Waals surface area contributed by atoms with Crippen molar-refractivity contribution in [3.63, 3.8) is 0 Å². The summed E-state index contributed by atoms with van der Waals surface area (Å²) in [5, 5.41) is 0.323. The quantitative estimate of drug-likeness (QED) is 0.207. The van der Waals surface area contributed by atoms with Crippen molar-refractivity contribution in [1.82, 2.24) is 14.5 Å². The predicted molar refractivity (Wildman–Crippen MR) is 120 cm³/mol. The Morgan fingerprint density at radius 3 is 2.65 bits per heavy atom. The van der Waals surface area contributed by atoms with Crippen molar-refractivity contribution in [3.8, 4) is 0 Å². The summed E-state index contributed by atoms with van der Waals surface area (Å²) in [7, 11) is 1.67. The average Bonchev–Trinajstić information content (AvgIpc) is 2.76. The van der Waals surface area contributed by atoms with Gasteiger partial charge >= 0.3 is 5.37 Å². The lowest BCUT2D eigenvalue weighted by Gasteiger charge is -2.36. The molecule has 0 fully saturated rings. The zero-order valence-corrected chi connectivity index (χ0v) is 18.0. The standard InChI is InChI=1S/C23H24ClN3O4/c1-3-11-31-27(23(24)30)20-12-19(18-9-10-22(29)25(2)13-18)14-26(15-20)16-21(28)17-7-5-4-6-8-17/h3-10,12-13,20H,1,11,14-16H2,2H3. The highest BCUT2D eigenvalue weighted by molar-refractivity contribution is 6.62. The van der Waals surface area contributed by atoms with Crippen LogP contribution >= 0.6 is 11.6 Å². The number of hydrogen-bond acceptors (Lipinski definition) is 5. The molecular weight excluding hydrogens is 418 g/mol. The molecule has 0 aliphatic carbocycles. The van der Waals surface area contributed by atoms with Crippen LogP contribution in [0.1, 0.15) is 15.9 Å². The minimum atomic E-state index is -0.765. The Morgan fingerprint density at radius 1 is 1.26 bits per heavy atom. The Labute approximate surface area is 185 Å². The van der Waals surface area contributed by atoms with Crippen LogP contribution in [0.5, 0.6) is 0 Å². The van der Waals surface area contributed by atoms with Crippen LogP contribution in [0.25, 0.3) is 5.57 Å². The summed E-state index contributed by atoms with van der Waals surface area (Å²) in [6, 6.07) is 11.7. The third-order valence-corrected chi connectivity index (χ3v) is 5.12. The monoisotopic (exact) mass is 441 g/mol. The van der Waals surface area contributed by atoms with Crippen molar-refractivity contribution in [2.75, 3.05) is 26.2 Å². The van der Waals surface area contributed by atoms with Crippen molar-refractivity contribution in [2.24, 2.45) is 7.05 Å². The van der Waals surface area contributed by atoms with Gasteiger partial charge < -0.3 is 4.57 Å². The second-order valence-electron chi connectivity index (χ2n) is 7.25. The van der Waals surface area contributed by atoms with Crippen molar-refractivity contribution < 1.29 is 14.4 Å². The first kappa shape index (κ1) is 22.7. The molecule has 1 unspecified atom stereocenters. The average molecular weight is 442 g/mol. The molecule has 0 N–H and O–H groups in total. The maximum absolute atomic E-state index is 12.8. The Hall–Kier alpha value is -3.00. The Bertz CT molecular complexity index is 1050. The molecule has 8 heteroatoms. The number of ketones is 1. The fourth-order valence-electron chi connectivity index (χ4n) is 3.47. The molecule has 0 bridgehead atoms. The lowest BCUT2D eigenvalue weighted by molar-refractivity contribution is -0.119. The number of nitrogens with zero attached hydrogens (tertiary/aromatic N) is 3. The van der Waals surface area contributed by atoms with Gasteiger partial charge in [0.25, 0.3) is 0 Å². The van der Waals surface area contributed by atoms with Gasteiger partial charge in [-0.05, 0) is 28.8 Å². The maximum Gasteiger partial charge on any atom is 0.340 e. The van der Waals surface area contributed by atoms with Crippen LogP contribution in [0.2, 0.25) is 0 Å². The number of hydrogen-bond donors (Lipinski definition) is 0. The van der Waals surface area contributed by atoms with E-state index in [2.05, 4.69) is 6.58 Å². The summed E-state index contributed by atoms with van der Waals surface area (Å²) in [6.45, 7) is 4.71. The zero-order chi connectivity index (χ0) is 22.4. The fraction of sp³-hybridized carbons (Fsp3) is 0.261. The molecule has 2 heterocycles. The van der Waals surface area contributed by atoms with Gasteiger partial charge in [-0.15, -0.1) is 6.58 Å². The molecule has 162 valence electrons. The third kappa shape index (κ3) is 5.79.